The molecular formula is C26H24N2O2. The fourth-order valence-electron chi connectivity index (χ4n) is 3.50. The van der Waals surface area contributed by atoms with Gasteiger partial charge < -0.3 is 14.6 Å². The molecule has 1 aromatic heterocycles. The first kappa shape index (κ1) is 19.5. The van der Waals surface area contributed by atoms with Gasteiger partial charge in [-0.25, -0.2) is 4.79 Å². The molecule has 2 amide bonds. The number of nitrogens with zero attached hydrogens (tertiary/aromatic N) is 1. The highest BCUT2D eigenvalue weighted by atomic mass is 16.3. The Morgan fingerprint density at radius 3 is 2.50 bits per heavy atom. The molecule has 0 radical (unpaired) electrons. The summed E-state index contributed by atoms with van der Waals surface area (Å²) < 4.78 is 5.49. The van der Waals surface area contributed by atoms with Gasteiger partial charge in [0.15, 0.2) is 0 Å². The molecule has 30 heavy (non-hydrogen) atoms. The summed E-state index contributed by atoms with van der Waals surface area (Å²) in [5.41, 5.74) is 3.00. The van der Waals surface area contributed by atoms with Gasteiger partial charge in [-0.05, 0) is 36.1 Å². The monoisotopic (exact) mass is 396 g/mol. The number of hydrogen-bond donors (Lipinski definition) is 1. The van der Waals surface area contributed by atoms with Crippen LogP contribution < -0.4 is 5.32 Å². The molecule has 0 saturated heterocycles. The van der Waals surface area contributed by atoms with Crippen molar-refractivity contribution in [2.24, 2.45) is 0 Å². The fourth-order valence-corrected chi connectivity index (χ4v) is 3.50. The van der Waals surface area contributed by atoms with Gasteiger partial charge in [0, 0.05) is 11.9 Å². The van der Waals surface area contributed by atoms with Gasteiger partial charge in [0.25, 0.3) is 0 Å². The van der Waals surface area contributed by atoms with Crippen molar-refractivity contribution in [1.29, 1.82) is 0 Å². The van der Waals surface area contributed by atoms with Crippen molar-refractivity contribution in [3.63, 3.8) is 0 Å². The number of rotatable bonds is 6. The Hall–Kier alpha value is -3.79. The van der Waals surface area contributed by atoms with Crippen molar-refractivity contribution >= 4 is 28.6 Å². The smallest absolute Gasteiger partial charge is 0.322 e. The average Bonchev–Trinajstić information content (AvgIpc) is 3.27. The highest BCUT2D eigenvalue weighted by Gasteiger charge is 2.17. The van der Waals surface area contributed by atoms with Crippen LogP contribution in [0, 0.1) is 0 Å². The highest BCUT2D eigenvalue weighted by molar-refractivity contribution is 6.01. The van der Waals surface area contributed by atoms with E-state index in [9.17, 15) is 4.79 Å². The van der Waals surface area contributed by atoms with E-state index >= 15 is 0 Å². The predicted octanol–water partition coefficient (Wildman–Crippen LogP) is 6.57. The largest absolute Gasteiger partial charge is 0.467 e. The number of furan rings is 1. The molecule has 0 spiro atoms. The molecule has 0 saturated carbocycles. The maximum atomic E-state index is 13.2. The quantitative estimate of drug-likeness (QED) is 0.400. The second-order valence-electron chi connectivity index (χ2n) is 7.29. The highest BCUT2D eigenvalue weighted by Crippen LogP contribution is 2.23. The number of nitrogens with one attached hydrogen (secondary N) is 1. The van der Waals surface area contributed by atoms with Crippen LogP contribution in [0.5, 0.6) is 0 Å². The Morgan fingerprint density at radius 2 is 1.70 bits per heavy atom. The third kappa shape index (κ3) is 4.78. The molecule has 0 unspecified atom stereocenters. The van der Waals surface area contributed by atoms with E-state index in [0.717, 1.165) is 33.4 Å². The first-order valence-corrected chi connectivity index (χ1v) is 9.97. The molecule has 0 bridgehead atoms. The minimum atomic E-state index is -0.163. The normalized spacial score (nSPS) is 11.4. The summed E-state index contributed by atoms with van der Waals surface area (Å²) in [4.78, 5) is 15.0. The lowest BCUT2D eigenvalue weighted by Gasteiger charge is -2.23. The second kappa shape index (κ2) is 9.14. The fraction of sp³-hybridized carbons (Fsp3) is 0.115. The Labute approximate surface area is 176 Å². The van der Waals surface area contributed by atoms with E-state index in [1.54, 1.807) is 11.2 Å². The molecular weight excluding hydrogens is 372 g/mol. The van der Waals surface area contributed by atoms with Crippen molar-refractivity contribution < 1.29 is 9.21 Å². The van der Waals surface area contributed by atoms with Gasteiger partial charge >= 0.3 is 6.03 Å². The third-order valence-electron chi connectivity index (χ3n) is 4.90. The Kier molecular flexibility index (Phi) is 5.95. The molecule has 4 rings (SSSR count). The zero-order valence-electron chi connectivity index (χ0n) is 16.9. The summed E-state index contributed by atoms with van der Waals surface area (Å²) in [6.45, 7) is 2.92. The molecule has 3 aromatic carbocycles. The lowest BCUT2D eigenvalue weighted by atomic mass is 10.1. The number of hydrogen-bond acceptors (Lipinski definition) is 2. The van der Waals surface area contributed by atoms with Gasteiger partial charge in [0.2, 0.25) is 0 Å². The minimum absolute atomic E-state index is 0.163. The van der Waals surface area contributed by atoms with Gasteiger partial charge in [-0.3, -0.25) is 0 Å². The van der Waals surface area contributed by atoms with Gasteiger partial charge in [-0.1, -0.05) is 78.4 Å². The van der Waals surface area contributed by atoms with Gasteiger partial charge in [0.1, 0.15) is 5.76 Å². The van der Waals surface area contributed by atoms with Gasteiger partial charge in [0.05, 0.1) is 18.5 Å². The van der Waals surface area contributed by atoms with Crippen LogP contribution in [-0.2, 0) is 6.54 Å². The zero-order chi connectivity index (χ0) is 20.8. The molecule has 0 aliphatic heterocycles. The van der Waals surface area contributed by atoms with E-state index < -0.39 is 0 Å². The Bertz CT molecular complexity index is 1140. The standard InChI is InChI=1S/C26H24N2O2/c1-20(17-21-9-3-2-4-10-21)18-28(19-23-13-8-16-30-23)26(29)27-25-15-7-12-22-11-5-6-14-24(22)25/h2-17H,18-19H2,1H3,(H,27,29)/b20-17-. The number of anilines is 1. The van der Waals surface area contributed by atoms with Crippen LogP contribution in [0.3, 0.4) is 0 Å². The molecule has 0 aliphatic rings. The number of carbonyl (C=O) groups excluding carboxylic acids is 1. The third-order valence-corrected chi connectivity index (χ3v) is 4.90. The molecule has 0 atom stereocenters. The molecule has 1 N–H and O–H groups in total. The number of amides is 2. The van der Waals surface area contributed by atoms with E-state index in [1.165, 1.54) is 0 Å². The summed E-state index contributed by atoms with van der Waals surface area (Å²) in [7, 11) is 0. The van der Waals surface area contributed by atoms with Crippen molar-refractivity contribution in [2.45, 2.75) is 13.5 Å². The van der Waals surface area contributed by atoms with E-state index in [1.807, 2.05) is 79.7 Å². The number of urea groups is 1. The summed E-state index contributed by atoms with van der Waals surface area (Å²) in [5, 5.41) is 5.19. The lowest BCUT2D eigenvalue weighted by molar-refractivity contribution is 0.209. The topological polar surface area (TPSA) is 45.5 Å². The van der Waals surface area contributed by atoms with Crippen molar-refractivity contribution in [1.82, 2.24) is 4.90 Å². The summed E-state index contributed by atoms with van der Waals surface area (Å²) in [6.07, 6.45) is 3.73. The summed E-state index contributed by atoms with van der Waals surface area (Å²) in [6, 6.07) is 27.6. The SMILES string of the molecule is C/C(=C/c1ccccc1)CN(Cc1ccco1)C(=O)Nc1cccc2ccccc12. The number of fused-ring (bicyclic) bond motifs is 1. The summed E-state index contributed by atoms with van der Waals surface area (Å²) in [5.74, 6) is 0.746. The van der Waals surface area contributed by atoms with Gasteiger partial charge in [-0.15, -0.1) is 0 Å². The molecule has 0 fully saturated rings. The van der Waals surface area contributed by atoms with Crippen LogP contribution in [0.4, 0.5) is 10.5 Å². The van der Waals surface area contributed by atoms with E-state index in [2.05, 4.69) is 23.5 Å². The Balaban J connectivity index is 1.57. The molecule has 150 valence electrons. The molecule has 4 aromatic rings. The van der Waals surface area contributed by atoms with E-state index in [-0.39, 0.29) is 6.03 Å². The van der Waals surface area contributed by atoms with Crippen LogP contribution in [0.15, 0.2) is 101 Å². The number of benzene rings is 3. The second-order valence-corrected chi connectivity index (χ2v) is 7.29. The predicted molar refractivity (Wildman–Crippen MR) is 122 cm³/mol. The van der Waals surface area contributed by atoms with Crippen LogP contribution in [-0.4, -0.2) is 17.5 Å². The Morgan fingerprint density at radius 1 is 0.933 bits per heavy atom. The molecule has 4 heteroatoms. The maximum absolute atomic E-state index is 13.2. The van der Waals surface area contributed by atoms with Crippen molar-refractivity contribution in [2.75, 3.05) is 11.9 Å². The van der Waals surface area contributed by atoms with Crippen LogP contribution in [0.1, 0.15) is 18.2 Å². The molecule has 4 nitrogen and oxygen atoms in total. The van der Waals surface area contributed by atoms with Gasteiger partial charge in [-0.2, -0.15) is 0 Å². The van der Waals surface area contributed by atoms with E-state index in [4.69, 9.17) is 4.42 Å². The van der Waals surface area contributed by atoms with Crippen molar-refractivity contribution in [3.05, 3.63) is 108 Å². The molecule has 1 heterocycles. The first-order valence-electron chi connectivity index (χ1n) is 9.97. The number of carbonyl (C=O) groups is 1. The lowest BCUT2D eigenvalue weighted by Crippen LogP contribution is -2.35. The van der Waals surface area contributed by atoms with E-state index in [0.29, 0.717) is 13.1 Å². The van der Waals surface area contributed by atoms with Crippen LogP contribution >= 0.6 is 0 Å². The minimum Gasteiger partial charge on any atom is -0.467 e. The molecule has 0 aliphatic carbocycles. The van der Waals surface area contributed by atoms with Crippen molar-refractivity contribution in [3.8, 4) is 0 Å². The van der Waals surface area contributed by atoms with Crippen LogP contribution in [0.25, 0.3) is 16.8 Å². The average molecular weight is 396 g/mol. The first-order chi connectivity index (χ1) is 14.7. The zero-order valence-corrected chi connectivity index (χ0v) is 16.9. The maximum Gasteiger partial charge on any atom is 0.322 e. The summed E-state index contributed by atoms with van der Waals surface area (Å²) >= 11 is 0. The van der Waals surface area contributed by atoms with Crippen LogP contribution in [0.2, 0.25) is 0 Å².